The number of carbonyl (C=O) groups is 1. The number of rotatable bonds is 3. The van der Waals surface area contributed by atoms with E-state index in [1.54, 1.807) is 0 Å². The van der Waals surface area contributed by atoms with Crippen LogP contribution in [0.5, 0.6) is 0 Å². The second-order valence-electron chi connectivity index (χ2n) is 7.58. The van der Waals surface area contributed by atoms with Gasteiger partial charge in [-0.2, -0.15) is 0 Å². The second-order valence-corrected chi connectivity index (χ2v) is 9.87. The molecule has 0 saturated heterocycles. The maximum Gasteiger partial charge on any atom is 0.163 e. The first-order valence-corrected chi connectivity index (χ1v) is 8.91. The van der Waals surface area contributed by atoms with Crippen LogP contribution < -0.4 is 0 Å². The maximum atomic E-state index is 12.6. The van der Waals surface area contributed by atoms with Gasteiger partial charge in [0.1, 0.15) is 0 Å². The molecule has 4 aliphatic rings. The molecule has 1 nitrogen and oxygen atoms in total. The Balaban J connectivity index is 1.58. The minimum Gasteiger partial charge on any atom is -0.294 e. The lowest BCUT2D eigenvalue weighted by Crippen LogP contribution is -2.53. The number of ketones is 1. The Labute approximate surface area is 134 Å². The lowest BCUT2D eigenvalue weighted by atomic mass is 9.48. The first kappa shape index (κ1) is 13.3. The Morgan fingerprint density at radius 3 is 2.35 bits per heavy atom. The summed E-state index contributed by atoms with van der Waals surface area (Å²) in [6.07, 6.45) is 8.95. The number of carbonyl (C=O) groups excluding carboxylic acids is 1. The Morgan fingerprint density at radius 2 is 1.75 bits per heavy atom. The lowest BCUT2D eigenvalue weighted by molar-refractivity contribution is -0.0321. The van der Waals surface area contributed by atoms with Gasteiger partial charge in [0.15, 0.2) is 5.78 Å². The highest BCUT2D eigenvalue weighted by atomic mass is 127. The van der Waals surface area contributed by atoms with Gasteiger partial charge in [0.25, 0.3) is 0 Å². The summed E-state index contributed by atoms with van der Waals surface area (Å²) in [6.45, 7) is 0. The molecule has 4 saturated carbocycles. The highest BCUT2D eigenvalue weighted by molar-refractivity contribution is 14.1. The highest BCUT2D eigenvalue weighted by Gasteiger charge is 2.56. The van der Waals surface area contributed by atoms with Gasteiger partial charge >= 0.3 is 0 Å². The average molecular weight is 380 g/mol. The van der Waals surface area contributed by atoms with E-state index in [0.29, 0.717) is 14.6 Å². The van der Waals surface area contributed by atoms with Crippen molar-refractivity contribution in [2.24, 2.45) is 17.3 Å². The highest BCUT2D eigenvalue weighted by Crippen LogP contribution is 2.65. The van der Waals surface area contributed by atoms with Gasteiger partial charge in [-0.3, -0.25) is 4.79 Å². The van der Waals surface area contributed by atoms with Gasteiger partial charge in [-0.1, -0.05) is 52.9 Å². The number of halogens is 1. The third-order valence-corrected chi connectivity index (χ3v) is 7.00. The summed E-state index contributed by atoms with van der Waals surface area (Å²) in [5.74, 6) is 2.17. The maximum absolute atomic E-state index is 12.6. The van der Waals surface area contributed by atoms with E-state index >= 15 is 0 Å². The summed E-state index contributed by atoms with van der Waals surface area (Å²) in [5, 5.41) is 0. The first-order chi connectivity index (χ1) is 9.56. The SMILES string of the molecule is O=C(CC12CC3CC(CC(I)(C3)C1)C2)c1ccccc1. The van der Waals surface area contributed by atoms with E-state index in [-0.39, 0.29) is 0 Å². The molecular weight excluding hydrogens is 359 g/mol. The normalized spacial score (nSPS) is 41.9. The fourth-order valence-corrected chi connectivity index (χ4v) is 7.66. The van der Waals surface area contributed by atoms with Crippen molar-refractivity contribution in [2.45, 2.75) is 48.4 Å². The number of alkyl halides is 1. The Kier molecular flexibility index (Phi) is 3.03. The van der Waals surface area contributed by atoms with E-state index < -0.39 is 0 Å². The molecule has 5 rings (SSSR count). The van der Waals surface area contributed by atoms with Crippen LogP contribution in [0.1, 0.15) is 55.3 Å². The Morgan fingerprint density at radius 1 is 1.10 bits per heavy atom. The molecule has 0 aromatic heterocycles. The zero-order chi connectivity index (χ0) is 13.8. The van der Waals surface area contributed by atoms with Crippen molar-refractivity contribution in [3.63, 3.8) is 0 Å². The average Bonchev–Trinajstić information content (AvgIpc) is 2.36. The van der Waals surface area contributed by atoms with Crippen molar-refractivity contribution in [1.82, 2.24) is 0 Å². The van der Waals surface area contributed by atoms with Crippen LogP contribution in [-0.4, -0.2) is 9.20 Å². The van der Waals surface area contributed by atoms with Crippen LogP contribution in [0.3, 0.4) is 0 Å². The summed E-state index contributed by atoms with van der Waals surface area (Å²) < 4.78 is 0.513. The molecule has 106 valence electrons. The monoisotopic (exact) mass is 380 g/mol. The molecule has 0 N–H and O–H groups in total. The molecule has 1 aromatic rings. The predicted octanol–water partition coefficient (Wildman–Crippen LogP) is 5.03. The molecule has 2 heteroatoms. The zero-order valence-electron chi connectivity index (χ0n) is 11.8. The summed E-state index contributed by atoms with van der Waals surface area (Å²) >= 11 is 2.73. The van der Waals surface area contributed by atoms with Gasteiger partial charge in [-0.25, -0.2) is 0 Å². The molecule has 4 bridgehead atoms. The third kappa shape index (κ3) is 2.24. The van der Waals surface area contributed by atoms with Gasteiger partial charge in [0.05, 0.1) is 0 Å². The standard InChI is InChI=1S/C18H21IO/c19-18-9-13-6-14(10-18)8-17(7-13,12-18)11-16(20)15-4-2-1-3-5-15/h1-5,13-14H,6-12H2. The van der Waals surface area contributed by atoms with E-state index in [4.69, 9.17) is 0 Å². The summed E-state index contributed by atoms with van der Waals surface area (Å²) in [4.78, 5) is 12.6. The van der Waals surface area contributed by atoms with Gasteiger partial charge in [-0.05, 0) is 55.8 Å². The van der Waals surface area contributed by atoms with Crippen LogP contribution in [-0.2, 0) is 0 Å². The van der Waals surface area contributed by atoms with Crippen molar-refractivity contribution in [2.75, 3.05) is 0 Å². The van der Waals surface area contributed by atoms with Gasteiger partial charge in [-0.15, -0.1) is 0 Å². The summed E-state index contributed by atoms with van der Waals surface area (Å²) in [6, 6.07) is 9.89. The van der Waals surface area contributed by atoms with Gasteiger partial charge in [0.2, 0.25) is 0 Å². The van der Waals surface area contributed by atoms with Crippen LogP contribution in [0.15, 0.2) is 30.3 Å². The number of benzene rings is 1. The molecule has 2 atom stereocenters. The molecule has 2 unspecified atom stereocenters. The molecule has 20 heavy (non-hydrogen) atoms. The van der Waals surface area contributed by atoms with Crippen molar-refractivity contribution >= 4 is 28.4 Å². The fraction of sp³-hybridized carbons (Fsp3) is 0.611. The van der Waals surface area contributed by atoms with Crippen LogP contribution in [0.4, 0.5) is 0 Å². The third-order valence-electron chi connectivity index (χ3n) is 5.74. The van der Waals surface area contributed by atoms with Crippen LogP contribution in [0.25, 0.3) is 0 Å². The molecule has 4 fully saturated rings. The second kappa shape index (κ2) is 4.56. The van der Waals surface area contributed by atoms with Crippen LogP contribution >= 0.6 is 22.6 Å². The smallest absolute Gasteiger partial charge is 0.163 e. The fourth-order valence-electron chi connectivity index (χ4n) is 5.61. The van der Waals surface area contributed by atoms with Crippen molar-refractivity contribution in [3.8, 4) is 0 Å². The molecule has 0 aliphatic heterocycles. The van der Waals surface area contributed by atoms with Gasteiger partial charge in [0, 0.05) is 15.4 Å². The number of hydrogen-bond donors (Lipinski definition) is 0. The minimum atomic E-state index is 0.332. The zero-order valence-corrected chi connectivity index (χ0v) is 13.9. The molecule has 0 heterocycles. The van der Waals surface area contributed by atoms with Crippen LogP contribution in [0, 0.1) is 17.3 Å². The molecule has 0 radical (unpaired) electrons. The van der Waals surface area contributed by atoms with Gasteiger partial charge < -0.3 is 0 Å². The largest absolute Gasteiger partial charge is 0.294 e. The molecule has 1 aromatic carbocycles. The van der Waals surface area contributed by atoms with E-state index in [2.05, 4.69) is 22.6 Å². The van der Waals surface area contributed by atoms with E-state index in [9.17, 15) is 4.79 Å². The number of hydrogen-bond acceptors (Lipinski definition) is 1. The molecular formula is C18H21IO. The lowest BCUT2D eigenvalue weighted by Gasteiger charge is -2.60. The topological polar surface area (TPSA) is 17.1 Å². The molecule has 0 spiro atoms. The van der Waals surface area contributed by atoms with Crippen LogP contribution in [0.2, 0.25) is 0 Å². The quantitative estimate of drug-likeness (QED) is 0.408. The summed E-state index contributed by atoms with van der Waals surface area (Å²) in [7, 11) is 0. The van der Waals surface area contributed by atoms with Crippen molar-refractivity contribution < 1.29 is 4.79 Å². The first-order valence-electron chi connectivity index (χ1n) is 7.83. The number of Topliss-reactive ketones (excluding diaryl/α,β-unsaturated/α-hetero) is 1. The van der Waals surface area contributed by atoms with E-state index in [1.165, 1.54) is 38.5 Å². The summed E-state index contributed by atoms with van der Waals surface area (Å²) in [5.41, 5.74) is 1.24. The molecule has 4 aliphatic carbocycles. The van der Waals surface area contributed by atoms with E-state index in [0.717, 1.165) is 23.8 Å². The Bertz CT molecular complexity index is 522. The van der Waals surface area contributed by atoms with Crippen molar-refractivity contribution in [3.05, 3.63) is 35.9 Å². The van der Waals surface area contributed by atoms with Crippen molar-refractivity contribution in [1.29, 1.82) is 0 Å². The molecule has 0 amide bonds. The predicted molar refractivity (Wildman–Crippen MR) is 89.3 cm³/mol. The Hall–Kier alpha value is -0.380. The minimum absolute atomic E-state index is 0.332. The van der Waals surface area contributed by atoms with E-state index in [1.807, 2.05) is 30.3 Å².